The smallest absolute Gasteiger partial charge is 0.270 e. The molecule has 0 aliphatic carbocycles. The van der Waals surface area contributed by atoms with E-state index >= 15 is 0 Å². The number of fused-ring (bicyclic) bond motifs is 1. The lowest BCUT2D eigenvalue weighted by Crippen LogP contribution is -2.45. The molecule has 1 atom stereocenters. The highest BCUT2D eigenvalue weighted by Gasteiger charge is 2.37. The summed E-state index contributed by atoms with van der Waals surface area (Å²) in [6.45, 7) is 7.28. The van der Waals surface area contributed by atoms with E-state index in [1.165, 1.54) is 23.5 Å². The molecule has 2 heterocycles. The van der Waals surface area contributed by atoms with Crippen LogP contribution in [0.15, 0.2) is 47.8 Å². The van der Waals surface area contributed by atoms with E-state index in [0.29, 0.717) is 42.6 Å². The standard InChI is InChI=1S/C28H32FN3O4S/c1-28(2,3)27(34)32-12-10-18-8-9-21(15-22(18)25(32)19-6-5-7-20(29)14-19)36-16-24-31-23(17-37-24)26(33)30-11-13-35-4/h5-9,14-15,17,25H,10-13,16H2,1-4H3,(H,30,33)/t25-/m1/s1. The van der Waals surface area contributed by atoms with Gasteiger partial charge in [0, 0.05) is 31.0 Å². The first-order valence-corrected chi connectivity index (χ1v) is 13.1. The average Bonchev–Trinajstić information content (AvgIpc) is 3.35. The van der Waals surface area contributed by atoms with E-state index in [1.54, 1.807) is 18.6 Å². The van der Waals surface area contributed by atoms with Gasteiger partial charge in [0.05, 0.1) is 12.6 Å². The van der Waals surface area contributed by atoms with Gasteiger partial charge in [-0.3, -0.25) is 9.59 Å². The van der Waals surface area contributed by atoms with Crippen LogP contribution < -0.4 is 10.1 Å². The number of methoxy groups -OCH3 is 1. The van der Waals surface area contributed by atoms with Gasteiger partial charge in [0.1, 0.15) is 28.9 Å². The molecule has 196 valence electrons. The lowest BCUT2D eigenvalue weighted by molar-refractivity contribution is -0.141. The van der Waals surface area contributed by atoms with Gasteiger partial charge in [0.2, 0.25) is 5.91 Å². The largest absolute Gasteiger partial charge is 0.486 e. The number of nitrogens with zero attached hydrogens (tertiary/aromatic N) is 2. The van der Waals surface area contributed by atoms with Crippen molar-refractivity contribution in [2.45, 2.75) is 39.8 Å². The SMILES string of the molecule is COCCNC(=O)c1csc(COc2ccc3c(c2)[C@@H](c2cccc(F)c2)N(C(=O)C(C)(C)C)CC3)n1. The molecule has 7 nitrogen and oxygen atoms in total. The molecule has 1 aliphatic heterocycles. The molecular weight excluding hydrogens is 493 g/mol. The van der Waals surface area contributed by atoms with Crippen molar-refractivity contribution in [3.63, 3.8) is 0 Å². The molecule has 2 amide bonds. The molecule has 1 aliphatic rings. The number of carbonyl (C=O) groups is 2. The van der Waals surface area contributed by atoms with Gasteiger partial charge in [0.15, 0.2) is 0 Å². The quantitative estimate of drug-likeness (QED) is 0.429. The van der Waals surface area contributed by atoms with Gasteiger partial charge in [-0.25, -0.2) is 9.37 Å². The van der Waals surface area contributed by atoms with E-state index in [-0.39, 0.29) is 24.2 Å². The number of amides is 2. The van der Waals surface area contributed by atoms with Crippen LogP contribution in [0, 0.1) is 11.2 Å². The molecule has 0 spiro atoms. The number of benzene rings is 2. The van der Waals surface area contributed by atoms with E-state index in [0.717, 1.165) is 16.7 Å². The first kappa shape index (κ1) is 26.8. The highest BCUT2D eigenvalue weighted by molar-refractivity contribution is 7.09. The normalized spacial score (nSPS) is 15.3. The van der Waals surface area contributed by atoms with Gasteiger partial charge in [-0.1, -0.05) is 39.0 Å². The van der Waals surface area contributed by atoms with Gasteiger partial charge >= 0.3 is 0 Å². The van der Waals surface area contributed by atoms with Gasteiger partial charge in [0.25, 0.3) is 5.91 Å². The molecule has 37 heavy (non-hydrogen) atoms. The fraction of sp³-hybridized carbons (Fsp3) is 0.393. The van der Waals surface area contributed by atoms with Gasteiger partial charge < -0.3 is 19.7 Å². The summed E-state index contributed by atoms with van der Waals surface area (Å²) >= 11 is 1.35. The second-order valence-corrected chi connectivity index (χ2v) is 10.9. The van der Waals surface area contributed by atoms with Crippen molar-refractivity contribution >= 4 is 23.2 Å². The summed E-state index contributed by atoms with van der Waals surface area (Å²) in [5.74, 6) is 0.0326. The van der Waals surface area contributed by atoms with E-state index < -0.39 is 11.5 Å². The second kappa shape index (κ2) is 11.4. The average molecular weight is 526 g/mol. The van der Waals surface area contributed by atoms with E-state index in [9.17, 15) is 14.0 Å². The van der Waals surface area contributed by atoms with Gasteiger partial charge in [-0.15, -0.1) is 11.3 Å². The van der Waals surface area contributed by atoms with Crippen LogP contribution in [0.25, 0.3) is 0 Å². The Morgan fingerprint density at radius 1 is 1.22 bits per heavy atom. The van der Waals surface area contributed by atoms with E-state index in [1.807, 2.05) is 49.9 Å². The number of aromatic nitrogens is 1. The Kier molecular flexibility index (Phi) is 8.24. The zero-order valence-corrected chi connectivity index (χ0v) is 22.4. The number of thiazole rings is 1. The third kappa shape index (κ3) is 6.34. The molecule has 1 aromatic heterocycles. The Hall–Kier alpha value is -3.30. The Balaban J connectivity index is 1.56. The van der Waals surface area contributed by atoms with E-state index in [4.69, 9.17) is 9.47 Å². The summed E-state index contributed by atoms with van der Waals surface area (Å²) in [7, 11) is 1.57. The summed E-state index contributed by atoms with van der Waals surface area (Å²) in [5.41, 5.74) is 2.51. The first-order chi connectivity index (χ1) is 17.7. The van der Waals surface area contributed by atoms with E-state index in [2.05, 4.69) is 10.3 Å². The molecule has 0 saturated carbocycles. The maximum absolute atomic E-state index is 14.2. The maximum Gasteiger partial charge on any atom is 0.270 e. The predicted octanol–water partition coefficient (Wildman–Crippen LogP) is 4.76. The van der Waals surface area contributed by atoms with Crippen LogP contribution in [0.4, 0.5) is 4.39 Å². The molecule has 1 N–H and O–H groups in total. The van der Waals surface area contributed by atoms with Crippen molar-refractivity contribution in [2.24, 2.45) is 5.41 Å². The molecule has 3 aromatic rings. The van der Waals surface area contributed by atoms with Gasteiger partial charge in [-0.2, -0.15) is 0 Å². The Labute approximate surface area is 220 Å². The number of carbonyl (C=O) groups excluding carboxylic acids is 2. The molecule has 0 bridgehead atoms. The minimum atomic E-state index is -0.574. The molecule has 9 heteroatoms. The molecule has 4 rings (SSSR count). The van der Waals surface area contributed by atoms with Crippen LogP contribution in [-0.4, -0.2) is 48.5 Å². The number of rotatable bonds is 8. The summed E-state index contributed by atoms with van der Waals surface area (Å²) in [5, 5.41) is 5.12. The van der Waals surface area contributed by atoms with Crippen molar-refractivity contribution in [3.05, 3.63) is 81.1 Å². The lowest BCUT2D eigenvalue weighted by Gasteiger charge is -2.41. The third-order valence-electron chi connectivity index (χ3n) is 6.15. The zero-order chi connectivity index (χ0) is 26.6. The number of hydrogen-bond acceptors (Lipinski definition) is 6. The Bertz CT molecular complexity index is 1270. The van der Waals surface area contributed by atoms with Gasteiger partial charge in [-0.05, 0) is 47.4 Å². The third-order valence-corrected chi connectivity index (χ3v) is 6.97. The summed E-state index contributed by atoms with van der Waals surface area (Å²) < 4.78 is 25.2. The van der Waals surface area contributed by atoms with Crippen molar-refractivity contribution < 1.29 is 23.5 Å². The summed E-state index contributed by atoms with van der Waals surface area (Å²) in [6, 6.07) is 11.8. The monoisotopic (exact) mass is 525 g/mol. The van der Waals surface area contributed by atoms with Crippen molar-refractivity contribution in [2.75, 3.05) is 26.8 Å². The van der Waals surface area contributed by atoms with Crippen molar-refractivity contribution in [1.29, 1.82) is 0 Å². The number of hydrogen-bond donors (Lipinski definition) is 1. The Morgan fingerprint density at radius 3 is 2.76 bits per heavy atom. The molecular formula is C28H32FN3O4S. The summed E-state index contributed by atoms with van der Waals surface area (Å²) in [4.78, 5) is 31.8. The Morgan fingerprint density at radius 2 is 2.03 bits per heavy atom. The van der Waals surface area contributed by atoms with Crippen molar-refractivity contribution in [1.82, 2.24) is 15.2 Å². The van der Waals surface area contributed by atoms with Crippen molar-refractivity contribution in [3.8, 4) is 5.75 Å². The minimum absolute atomic E-state index is 0.0119. The van der Waals surface area contributed by atoms with Crippen LogP contribution in [0.1, 0.15) is 59.0 Å². The number of ether oxygens (including phenoxy) is 2. The molecule has 0 unspecified atom stereocenters. The second-order valence-electron chi connectivity index (χ2n) is 9.98. The van der Waals surface area contributed by atoms with Crippen LogP contribution >= 0.6 is 11.3 Å². The topological polar surface area (TPSA) is 80.8 Å². The highest BCUT2D eigenvalue weighted by atomic mass is 32.1. The van der Waals surface area contributed by atoms with Crippen LogP contribution in [0.5, 0.6) is 5.75 Å². The van der Waals surface area contributed by atoms with Crippen LogP contribution in [-0.2, 0) is 22.6 Å². The molecule has 0 fully saturated rings. The summed E-state index contributed by atoms with van der Waals surface area (Å²) in [6.07, 6.45) is 0.706. The van der Waals surface area contributed by atoms with Crippen LogP contribution in [0.2, 0.25) is 0 Å². The minimum Gasteiger partial charge on any atom is -0.486 e. The fourth-order valence-electron chi connectivity index (χ4n) is 4.35. The lowest BCUT2D eigenvalue weighted by atomic mass is 9.85. The fourth-order valence-corrected chi connectivity index (χ4v) is 5.04. The van der Waals surface area contributed by atoms with Crippen LogP contribution in [0.3, 0.4) is 0 Å². The number of halogens is 1. The molecule has 0 saturated heterocycles. The molecule has 2 aromatic carbocycles. The zero-order valence-electron chi connectivity index (χ0n) is 21.5. The first-order valence-electron chi connectivity index (χ1n) is 12.2. The maximum atomic E-state index is 14.2. The number of nitrogens with one attached hydrogen (secondary N) is 1. The highest BCUT2D eigenvalue weighted by Crippen LogP contribution is 2.39. The molecule has 0 radical (unpaired) electrons. The predicted molar refractivity (Wildman–Crippen MR) is 140 cm³/mol.